The van der Waals surface area contributed by atoms with Gasteiger partial charge in [0.05, 0.1) is 5.69 Å². The lowest BCUT2D eigenvalue weighted by atomic mass is 10.2. The molecule has 21 heavy (non-hydrogen) atoms. The molecule has 0 amide bonds. The van der Waals surface area contributed by atoms with Crippen molar-refractivity contribution in [2.24, 2.45) is 0 Å². The summed E-state index contributed by atoms with van der Waals surface area (Å²) in [7, 11) is -3.78. The third-order valence-electron chi connectivity index (χ3n) is 2.85. The predicted molar refractivity (Wildman–Crippen MR) is 91.4 cm³/mol. The van der Waals surface area contributed by atoms with Crippen LogP contribution < -0.4 is 4.72 Å². The normalized spacial score (nSPS) is 11.5. The molecule has 8 heteroatoms. The van der Waals surface area contributed by atoms with E-state index in [4.69, 9.17) is 11.6 Å². The van der Waals surface area contributed by atoms with Crippen molar-refractivity contribution in [3.63, 3.8) is 0 Å². The average molecular weight is 455 g/mol. The summed E-state index contributed by atoms with van der Waals surface area (Å²) < 4.78 is 28.8. The first kappa shape index (κ1) is 16.7. The van der Waals surface area contributed by atoms with Crippen LogP contribution in [0.1, 0.15) is 11.1 Å². The molecule has 0 atom stereocenters. The van der Waals surface area contributed by atoms with Crippen LogP contribution in [-0.4, -0.2) is 13.4 Å². The SMILES string of the molecule is Cc1cc(Br)c(S(=O)(=O)Nc2c(C)ccnc2Cl)cc1Br. The van der Waals surface area contributed by atoms with Gasteiger partial charge in [0.25, 0.3) is 10.0 Å². The number of aryl methyl sites for hydroxylation is 2. The Balaban J connectivity index is 2.51. The van der Waals surface area contributed by atoms with Gasteiger partial charge in [0, 0.05) is 15.1 Å². The molecule has 0 aliphatic heterocycles. The quantitative estimate of drug-likeness (QED) is 0.686. The first-order valence-corrected chi connectivity index (χ1v) is 9.26. The zero-order chi connectivity index (χ0) is 15.8. The lowest BCUT2D eigenvalue weighted by Gasteiger charge is -2.13. The predicted octanol–water partition coefficient (Wildman–Crippen LogP) is 4.68. The van der Waals surface area contributed by atoms with E-state index in [-0.39, 0.29) is 15.7 Å². The number of nitrogens with zero attached hydrogens (tertiary/aromatic N) is 1. The number of nitrogens with one attached hydrogen (secondary N) is 1. The summed E-state index contributed by atoms with van der Waals surface area (Å²) in [6.07, 6.45) is 1.52. The molecular formula is C13H11Br2ClN2O2S. The van der Waals surface area contributed by atoms with Gasteiger partial charge in [-0.3, -0.25) is 4.72 Å². The summed E-state index contributed by atoms with van der Waals surface area (Å²) in [4.78, 5) is 4.01. The number of rotatable bonds is 3. The number of sulfonamides is 1. The molecule has 1 N–H and O–H groups in total. The van der Waals surface area contributed by atoms with Crippen molar-refractivity contribution in [1.82, 2.24) is 4.98 Å². The summed E-state index contributed by atoms with van der Waals surface area (Å²) in [5.74, 6) is 0. The van der Waals surface area contributed by atoms with Crippen LogP contribution in [0.3, 0.4) is 0 Å². The van der Waals surface area contributed by atoms with Crippen molar-refractivity contribution in [2.45, 2.75) is 18.7 Å². The Morgan fingerprint density at radius 1 is 1.14 bits per heavy atom. The van der Waals surface area contributed by atoms with E-state index in [1.807, 2.05) is 6.92 Å². The van der Waals surface area contributed by atoms with Gasteiger partial charge < -0.3 is 0 Å². The van der Waals surface area contributed by atoms with E-state index >= 15 is 0 Å². The molecule has 1 aromatic heterocycles. The molecule has 0 aliphatic rings. The third kappa shape index (κ3) is 3.59. The fraction of sp³-hybridized carbons (Fsp3) is 0.154. The minimum absolute atomic E-state index is 0.112. The number of hydrogen-bond donors (Lipinski definition) is 1. The molecule has 0 aliphatic carbocycles. The van der Waals surface area contributed by atoms with E-state index < -0.39 is 10.0 Å². The summed E-state index contributed by atoms with van der Waals surface area (Å²) in [6.45, 7) is 3.63. The monoisotopic (exact) mass is 452 g/mol. The Morgan fingerprint density at radius 3 is 2.43 bits per heavy atom. The van der Waals surface area contributed by atoms with Crippen LogP contribution in [-0.2, 0) is 10.0 Å². The van der Waals surface area contributed by atoms with Crippen LogP contribution in [0.5, 0.6) is 0 Å². The van der Waals surface area contributed by atoms with Gasteiger partial charge in [0.1, 0.15) is 4.90 Å². The topological polar surface area (TPSA) is 59.1 Å². The van der Waals surface area contributed by atoms with Crippen LogP contribution in [0, 0.1) is 13.8 Å². The summed E-state index contributed by atoms with van der Waals surface area (Å²) in [5.41, 5.74) is 1.90. The molecule has 2 aromatic rings. The van der Waals surface area contributed by atoms with E-state index in [0.717, 1.165) is 5.56 Å². The van der Waals surface area contributed by atoms with Gasteiger partial charge in [-0.25, -0.2) is 13.4 Å². The molecule has 1 heterocycles. The first-order valence-electron chi connectivity index (χ1n) is 5.82. The molecule has 0 saturated heterocycles. The maximum Gasteiger partial charge on any atom is 0.263 e. The zero-order valence-electron chi connectivity index (χ0n) is 11.1. The molecule has 0 radical (unpaired) electrons. The van der Waals surface area contributed by atoms with E-state index in [0.29, 0.717) is 14.5 Å². The summed E-state index contributed by atoms with van der Waals surface area (Å²) in [5, 5.41) is 0.112. The van der Waals surface area contributed by atoms with Gasteiger partial charge in [0.2, 0.25) is 0 Å². The Kier molecular flexibility index (Phi) is 4.97. The Hall–Kier alpha value is -0.630. The van der Waals surface area contributed by atoms with Crippen LogP contribution in [0.25, 0.3) is 0 Å². The molecular weight excluding hydrogens is 443 g/mol. The highest BCUT2D eigenvalue weighted by atomic mass is 79.9. The molecule has 0 bridgehead atoms. The van der Waals surface area contributed by atoms with E-state index in [1.165, 1.54) is 6.20 Å². The number of anilines is 1. The smallest absolute Gasteiger partial charge is 0.263 e. The van der Waals surface area contributed by atoms with Gasteiger partial charge >= 0.3 is 0 Å². The first-order chi connectivity index (χ1) is 9.72. The van der Waals surface area contributed by atoms with Gasteiger partial charge in [-0.05, 0) is 59.1 Å². The fourth-order valence-electron chi connectivity index (χ4n) is 1.67. The standard InChI is InChI=1S/C13H11Br2ClN2O2S/c1-7-3-4-17-13(16)12(7)18-21(19,20)11-6-9(14)8(2)5-10(11)15/h3-6,18H,1-2H3. The van der Waals surface area contributed by atoms with Crippen molar-refractivity contribution in [1.29, 1.82) is 0 Å². The average Bonchev–Trinajstić information content (AvgIpc) is 2.38. The van der Waals surface area contributed by atoms with Crippen molar-refractivity contribution in [2.75, 3.05) is 4.72 Å². The molecule has 112 valence electrons. The number of halogens is 3. The zero-order valence-corrected chi connectivity index (χ0v) is 15.9. The van der Waals surface area contributed by atoms with Crippen LogP contribution in [0.4, 0.5) is 5.69 Å². The Labute approximate surface area is 145 Å². The summed E-state index contributed by atoms with van der Waals surface area (Å²) >= 11 is 12.6. The van der Waals surface area contributed by atoms with Crippen molar-refractivity contribution in [3.8, 4) is 0 Å². The highest BCUT2D eigenvalue weighted by Crippen LogP contribution is 2.32. The van der Waals surface area contributed by atoms with Crippen molar-refractivity contribution >= 4 is 59.2 Å². The van der Waals surface area contributed by atoms with Crippen LogP contribution >= 0.6 is 43.5 Å². The number of benzene rings is 1. The fourth-order valence-corrected chi connectivity index (χ4v) is 4.80. The van der Waals surface area contributed by atoms with Gasteiger partial charge in [-0.1, -0.05) is 27.5 Å². The summed E-state index contributed by atoms with van der Waals surface area (Å²) in [6, 6.07) is 4.96. The molecule has 4 nitrogen and oxygen atoms in total. The van der Waals surface area contributed by atoms with E-state index in [1.54, 1.807) is 25.1 Å². The maximum atomic E-state index is 12.5. The molecule has 0 spiro atoms. The largest absolute Gasteiger partial charge is 0.276 e. The highest BCUT2D eigenvalue weighted by molar-refractivity contribution is 9.11. The minimum Gasteiger partial charge on any atom is -0.276 e. The second-order valence-corrected chi connectivity index (χ2v) is 8.15. The van der Waals surface area contributed by atoms with Crippen molar-refractivity contribution in [3.05, 3.63) is 49.6 Å². The Morgan fingerprint density at radius 2 is 1.81 bits per heavy atom. The lowest BCUT2D eigenvalue weighted by Crippen LogP contribution is -2.15. The second-order valence-electron chi connectivity index (χ2n) is 4.43. The molecule has 1 aromatic carbocycles. The van der Waals surface area contributed by atoms with Crippen LogP contribution in [0.2, 0.25) is 5.15 Å². The van der Waals surface area contributed by atoms with Gasteiger partial charge in [-0.2, -0.15) is 0 Å². The number of aromatic nitrogens is 1. The molecule has 0 unspecified atom stereocenters. The van der Waals surface area contributed by atoms with E-state index in [2.05, 4.69) is 41.6 Å². The van der Waals surface area contributed by atoms with Gasteiger partial charge in [-0.15, -0.1) is 0 Å². The van der Waals surface area contributed by atoms with Crippen LogP contribution in [0.15, 0.2) is 38.2 Å². The minimum atomic E-state index is -3.78. The molecule has 0 saturated carbocycles. The van der Waals surface area contributed by atoms with Gasteiger partial charge in [0.15, 0.2) is 5.15 Å². The Bertz CT molecular complexity index is 790. The van der Waals surface area contributed by atoms with E-state index in [9.17, 15) is 8.42 Å². The van der Waals surface area contributed by atoms with Crippen molar-refractivity contribution < 1.29 is 8.42 Å². The molecule has 0 fully saturated rings. The third-order valence-corrected chi connectivity index (χ3v) is 6.30. The number of pyridine rings is 1. The second kappa shape index (κ2) is 6.24. The lowest BCUT2D eigenvalue weighted by molar-refractivity contribution is 0.600. The highest BCUT2D eigenvalue weighted by Gasteiger charge is 2.21. The molecule has 2 rings (SSSR count). The maximum absolute atomic E-state index is 12.5. The number of hydrogen-bond acceptors (Lipinski definition) is 3.